The first-order valence-electron chi connectivity index (χ1n) is 9.89. The summed E-state index contributed by atoms with van der Waals surface area (Å²) >= 11 is 1.09. The van der Waals surface area contributed by atoms with Gasteiger partial charge in [0.25, 0.3) is 0 Å². The van der Waals surface area contributed by atoms with Crippen LogP contribution in [0.15, 0.2) is 17.8 Å². The number of aromatic nitrogens is 3. The van der Waals surface area contributed by atoms with Crippen LogP contribution in [0.2, 0.25) is 0 Å². The van der Waals surface area contributed by atoms with Crippen LogP contribution < -0.4 is 9.80 Å². The lowest BCUT2D eigenvalue weighted by Gasteiger charge is -2.35. The first-order valence-corrected chi connectivity index (χ1v) is 10.8. The highest BCUT2D eigenvalue weighted by Gasteiger charge is 2.35. The van der Waals surface area contributed by atoms with Crippen LogP contribution in [0.5, 0.6) is 0 Å². The molecule has 1 N–H and O–H groups in total. The van der Waals surface area contributed by atoms with Gasteiger partial charge in [-0.3, -0.25) is 0 Å². The van der Waals surface area contributed by atoms with Gasteiger partial charge in [0.15, 0.2) is 5.69 Å². The maximum absolute atomic E-state index is 12.9. The molecule has 2 saturated heterocycles. The Hall–Kier alpha value is -1.94. The zero-order chi connectivity index (χ0) is 20.4. The van der Waals surface area contributed by atoms with Crippen molar-refractivity contribution in [2.75, 3.05) is 42.6 Å². The van der Waals surface area contributed by atoms with E-state index in [1.165, 1.54) is 0 Å². The topological polar surface area (TPSA) is 65.4 Å². The Bertz CT molecular complexity index is 830. The number of hydrogen-bond donors (Lipinski definition) is 1. The third kappa shape index (κ3) is 4.63. The molecule has 4 heterocycles. The minimum absolute atomic E-state index is 0.0305. The largest absolute Gasteiger partial charge is 0.434 e. The number of nitrogens with zero attached hydrogens (tertiary/aromatic N) is 5. The van der Waals surface area contributed by atoms with E-state index in [2.05, 4.69) is 24.8 Å². The van der Waals surface area contributed by atoms with Crippen LogP contribution in [0.4, 0.5) is 24.8 Å². The monoisotopic (exact) mass is 427 g/mol. The lowest BCUT2D eigenvalue weighted by atomic mass is 9.98. The number of aliphatic hydroxyl groups is 1. The molecule has 2 aliphatic rings. The van der Waals surface area contributed by atoms with Crippen molar-refractivity contribution in [2.45, 2.75) is 37.8 Å². The maximum Gasteiger partial charge on any atom is 0.434 e. The lowest BCUT2D eigenvalue weighted by molar-refractivity contribution is -0.140. The molecule has 29 heavy (non-hydrogen) atoms. The number of piperidine rings is 2. The molecule has 0 saturated carbocycles. The molecule has 0 aliphatic carbocycles. The lowest BCUT2D eigenvalue weighted by Crippen LogP contribution is -2.38. The van der Waals surface area contributed by atoms with Crippen molar-refractivity contribution in [1.82, 2.24) is 15.0 Å². The number of alkyl halides is 3. The van der Waals surface area contributed by atoms with E-state index < -0.39 is 11.9 Å². The van der Waals surface area contributed by atoms with Crippen LogP contribution >= 0.6 is 11.3 Å². The van der Waals surface area contributed by atoms with Gasteiger partial charge in [-0.1, -0.05) is 0 Å². The first kappa shape index (κ1) is 20.3. The van der Waals surface area contributed by atoms with Crippen LogP contribution in [0.3, 0.4) is 0 Å². The van der Waals surface area contributed by atoms with Gasteiger partial charge in [-0.05, 0) is 31.6 Å². The molecule has 0 bridgehead atoms. The summed E-state index contributed by atoms with van der Waals surface area (Å²) in [5.41, 5.74) is -0.803. The molecule has 4 rings (SSSR count). The van der Waals surface area contributed by atoms with Gasteiger partial charge in [0.1, 0.15) is 18.0 Å². The fourth-order valence-electron chi connectivity index (χ4n) is 4.10. The van der Waals surface area contributed by atoms with Crippen LogP contribution in [0, 0.1) is 5.92 Å². The third-order valence-electron chi connectivity index (χ3n) is 5.65. The van der Waals surface area contributed by atoms with Gasteiger partial charge in [0, 0.05) is 50.2 Å². The molecule has 2 fully saturated rings. The molecule has 6 nitrogen and oxygen atoms in total. The summed E-state index contributed by atoms with van der Waals surface area (Å²) in [4.78, 5) is 16.9. The highest BCUT2D eigenvalue weighted by molar-refractivity contribution is 7.09. The second-order valence-corrected chi connectivity index (χ2v) is 8.61. The Kier molecular flexibility index (Phi) is 5.91. The summed E-state index contributed by atoms with van der Waals surface area (Å²) in [6, 6.07) is 1.95. The van der Waals surface area contributed by atoms with Crippen molar-refractivity contribution in [2.24, 2.45) is 5.92 Å². The number of anilines is 2. The van der Waals surface area contributed by atoms with Gasteiger partial charge < -0.3 is 14.9 Å². The summed E-state index contributed by atoms with van der Waals surface area (Å²) in [7, 11) is 0. The predicted molar refractivity (Wildman–Crippen MR) is 105 cm³/mol. The quantitative estimate of drug-likeness (QED) is 0.805. The Morgan fingerprint density at radius 1 is 1.07 bits per heavy atom. The van der Waals surface area contributed by atoms with Crippen molar-refractivity contribution in [3.63, 3.8) is 0 Å². The SMILES string of the molecule is OCC1CCCN(c2cc(N3CCCC(c4nc(C(F)(F)F)cs4)C3)ncn2)C1. The number of aliphatic hydroxyl groups excluding tert-OH is 1. The second-order valence-electron chi connectivity index (χ2n) is 7.73. The fourth-order valence-corrected chi connectivity index (χ4v) is 5.05. The highest BCUT2D eigenvalue weighted by atomic mass is 32.1. The molecule has 0 radical (unpaired) electrons. The van der Waals surface area contributed by atoms with E-state index in [9.17, 15) is 18.3 Å². The van der Waals surface area contributed by atoms with E-state index in [-0.39, 0.29) is 18.4 Å². The Morgan fingerprint density at radius 2 is 1.76 bits per heavy atom. The standard InChI is InChI=1S/C19H24F3N5OS/c20-19(21,22)15-11-29-18(25-15)14-4-2-6-27(9-14)17-7-16(23-12-24-17)26-5-1-3-13(8-26)10-28/h7,11-14,28H,1-6,8-10H2. The molecule has 2 atom stereocenters. The van der Waals surface area contributed by atoms with Gasteiger partial charge in [0.2, 0.25) is 0 Å². The highest BCUT2D eigenvalue weighted by Crippen LogP contribution is 2.36. The molecule has 0 aromatic carbocycles. The number of rotatable bonds is 4. The van der Waals surface area contributed by atoms with Crippen LogP contribution in [-0.2, 0) is 6.18 Å². The second kappa shape index (κ2) is 8.43. The molecule has 2 unspecified atom stereocenters. The zero-order valence-electron chi connectivity index (χ0n) is 16.0. The number of halogens is 3. The molecular formula is C19H24F3N5OS. The van der Waals surface area contributed by atoms with Crippen LogP contribution in [0.25, 0.3) is 0 Å². The van der Waals surface area contributed by atoms with Crippen LogP contribution in [-0.4, -0.2) is 52.8 Å². The van der Waals surface area contributed by atoms with E-state index in [0.717, 1.165) is 73.7 Å². The first-order chi connectivity index (χ1) is 13.9. The van der Waals surface area contributed by atoms with Crippen molar-refractivity contribution in [3.8, 4) is 0 Å². The van der Waals surface area contributed by atoms with Gasteiger partial charge in [-0.15, -0.1) is 11.3 Å². The van der Waals surface area contributed by atoms with Crippen molar-refractivity contribution >= 4 is 23.0 Å². The maximum atomic E-state index is 12.9. The normalized spacial score (nSPS) is 23.4. The minimum Gasteiger partial charge on any atom is -0.396 e. The fraction of sp³-hybridized carbons (Fsp3) is 0.632. The van der Waals surface area contributed by atoms with E-state index in [1.54, 1.807) is 6.33 Å². The molecule has 10 heteroatoms. The third-order valence-corrected chi connectivity index (χ3v) is 6.65. The van der Waals surface area contributed by atoms with Gasteiger partial charge >= 0.3 is 6.18 Å². The van der Waals surface area contributed by atoms with Crippen molar-refractivity contribution < 1.29 is 18.3 Å². The molecule has 2 aromatic heterocycles. The molecule has 2 aromatic rings. The van der Waals surface area contributed by atoms with E-state index in [0.29, 0.717) is 11.6 Å². The van der Waals surface area contributed by atoms with Gasteiger partial charge in [0.05, 0.1) is 5.01 Å². The summed E-state index contributed by atoms with van der Waals surface area (Å²) in [6.07, 6.45) is 0.882. The smallest absolute Gasteiger partial charge is 0.396 e. The van der Waals surface area contributed by atoms with Gasteiger partial charge in [-0.2, -0.15) is 13.2 Å². The van der Waals surface area contributed by atoms with E-state index in [1.807, 2.05) is 6.07 Å². The molecule has 0 amide bonds. The molecule has 2 aliphatic heterocycles. The Morgan fingerprint density at radius 3 is 2.41 bits per heavy atom. The molecule has 0 spiro atoms. The summed E-state index contributed by atoms with van der Waals surface area (Å²) < 4.78 is 38.6. The van der Waals surface area contributed by atoms with Crippen molar-refractivity contribution in [3.05, 3.63) is 28.5 Å². The number of thiazole rings is 1. The summed E-state index contributed by atoms with van der Waals surface area (Å²) in [5.74, 6) is 1.86. The molecular weight excluding hydrogens is 403 g/mol. The summed E-state index contributed by atoms with van der Waals surface area (Å²) in [6.45, 7) is 3.25. The Labute approximate surface area is 171 Å². The zero-order valence-corrected chi connectivity index (χ0v) is 16.8. The van der Waals surface area contributed by atoms with E-state index >= 15 is 0 Å². The summed E-state index contributed by atoms with van der Waals surface area (Å²) in [5, 5.41) is 11.1. The van der Waals surface area contributed by atoms with Crippen molar-refractivity contribution in [1.29, 1.82) is 0 Å². The average Bonchev–Trinajstić information content (AvgIpc) is 3.25. The number of hydrogen-bond acceptors (Lipinski definition) is 7. The average molecular weight is 427 g/mol. The Balaban J connectivity index is 1.48. The van der Waals surface area contributed by atoms with Gasteiger partial charge in [-0.25, -0.2) is 15.0 Å². The van der Waals surface area contributed by atoms with E-state index in [4.69, 9.17) is 0 Å². The minimum atomic E-state index is -4.40. The predicted octanol–water partition coefficient (Wildman–Crippen LogP) is 3.54. The molecule has 158 valence electrons. The van der Waals surface area contributed by atoms with Crippen LogP contribution in [0.1, 0.15) is 42.3 Å².